The average molecular weight is 287 g/mol. The third kappa shape index (κ3) is 4.69. The topological polar surface area (TPSA) is 133 Å². The van der Waals surface area contributed by atoms with Crippen LogP contribution in [0.25, 0.3) is 0 Å². The Hall–Kier alpha value is -1.83. The van der Waals surface area contributed by atoms with Crippen molar-refractivity contribution >= 4 is 17.9 Å². The van der Waals surface area contributed by atoms with Crippen molar-refractivity contribution in [2.45, 2.75) is 38.3 Å². The first kappa shape index (κ1) is 16.2. The smallest absolute Gasteiger partial charge is 0.326 e. The molecule has 0 radical (unpaired) electrons. The summed E-state index contributed by atoms with van der Waals surface area (Å²) in [5.41, 5.74) is 4.94. The Balaban J connectivity index is 2.50. The molecular formula is C12H21N3O5. The number of nitrogens with two attached hydrogens (primary N) is 1. The van der Waals surface area contributed by atoms with Crippen LogP contribution in [0.3, 0.4) is 0 Å². The van der Waals surface area contributed by atoms with Gasteiger partial charge in [0, 0.05) is 13.1 Å². The Labute approximate surface area is 116 Å². The number of amides is 3. The number of likely N-dealkylation sites (tertiary alicyclic amines) is 1. The van der Waals surface area contributed by atoms with Gasteiger partial charge in [-0.05, 0) is 25.7 Å². The zero-order valence-electron chi connectivity index (χ0n) is 11.4. The number of urea groups is 1. The molecule has 0 aliphatic carbocycles. The Morgan fingerprint density at radius 2 is 1.90 bits per heavy atom. The molecule has 1 fully saturated rings. The standard InChI is InChI=1S/C12H21N3O5/c1-7(16)8-2-4-15(5-3-8)12(20)14-9(11(18)19)6-10(13)17/h7-9,16H,2-6H2,1H3,(H2,13,17)(H,14,20)(H,18,19)/t7?,9-/m0/s1. The monoisotopic (exact) mass is 287 g/mol. The van der Waals surface area contributed by atoms with E-state index in [1.807, 2.05) is 0 Å². The van der Waals surface area contributed by atoms with Crippen molar-refractivity contribution in [2.75, 3.05) is 13.1 Å². The van der Waals surface area contributed by atoms with Gasteiger partial charge in [0.15, 0.2) is 0 Å². The zero-order chi connectivity index (χ0) is 15.3. The molecule has 1 unspecified atom stereocenters. The molecule has 1 aliphatic heterocycles. The van der Waals surface area contributed by atoms with E-state index in [0.29, 0.717) is 25.9 Å². The Morgan fingerprint density at radius 1 is 1.35 bits per heavy atom. The number of piperidine rings is 1. The van der Waals surface area contributed by atoms with E-state index in [1.165, 1.54) is 4.90 Å². The molecular weight excluding hydrogens is 266 g/mol. The highest BCUT2D eigenvalue weighted by Crippen LogP contribution is 2.20. The summed E-state index contributed by atoms with van der Waals surface area (Å²) in [6, 6.07) is -1.84. The van der Waals surface area contributed by atoms with Crippen LogP contribution in [0.5, 0.6) is 0 Å². The van der Waals surface area contributed by atoms with E-state index >= 15 is 0 Å². The zero-order valence-corrected chi connectivity index (χ0v) is 11.4. The second-order valence-electron chi connectivity index (χ2n) is 5.08. The van der Waals surface area contributed by atoms with Gasteiger partial charge >= 0.3 is 12.0 Å². The molecule has 2 atom stereocenters. The molecule has 1 aliphatic rings. The normalized spacial score (nSPS) is 19.2. The maximum Gasteiger partial charge on any atom is 0.326 e. The fourth-order valence-electron chi connectivity index (χ4n) is 2.23. The highest BCUT2D eigenvalue weighted by molar-refractivity contribution is 5.87. The van der Waals surface area contributed by atoms with E-state index in [0.717, 1.165) is 0 Å². The third-order valence-corrected chi connectivity index (χ3v) is 3.51. The van der Waals surface area contributed by atoms with Gasteiger partial charge in [-0.2, -0.15) is 0 Å². The lowest BCUT2D eigenvalue weighted by molar-refractivity contribution is -0.141. The minimum atomic E-state index is -1.31. The molecule has 1 saturated heterocycles. The Morgan fingerprint density at radius 3 is 2.30 bits per heavy atom. The molecule has 1 heterocycles. The number of aliphatic hydroxyl groups is 1. The lowest BCUT2D eigenvalue weighted by Gasteiger charge is -2.33. The average Bonchev–Trinajstić information content (AvgIpc) is 2.37. The summed E-state index contributed by atoms with van der Waals surface area (Å²) in [5, 5.41) is 20.7. The minimum Gasteiger partial charge on any atom is -0.480 e. The predicted molar refractivity (Wildman–Crippen MR) is 69.7 cm³/mol. The molecule has 0 aromatic rings. The first-order valence-electron chi connectivity index (χ1n) is 6.56. The van der Waals surface area contributed by atoms with Gasteiger partial charge in [-0.15, -0.1) is 0 Å². The lowest BCUT2D eigenvalue weighted by Crippen LogP contribution is -2.51. The van der Waals surface area contributed by atoms with E-state index in [4.69, 9.17) is 10.8 Å². The molecule has 0 aromatic heterocycles. The van der Waals surface area contributed by atoms with Gasteiger partial charge in [0.1, 0.15) is 6.04 Å². The van der Waals surface area contributed by atoms with Crippen LogP contribution in [0.15, 0.2) is 0 Å². The SMILES string of the molecule is CC(O)C1CCN(C(=O)N[C@@H](CC(N)=O)C(=O)O)CC1. The number of aliphatic hydroxyl groups excluding tert-OH is 1. The van der Waals surface area contributed by atoms with Gasteiger partial charge in [0.2, 0.25) is 5.91 Å². The summed E-state index contributed by atoms with van der Waals surface area (Å²) in [7, 11) is 0. The summed E-state index contributed by atoms with van der Waals surface area (Å²) in [5.74, 6) is -1.93. The van der Waals surface area contributed by atoms with Gasteiger partial charge in [-0.25, -0.2) is 9.59 Å². The molecule has 0 bridgehead atoms. The van der Waals surface area contributed by atoms with Crippen LogP contribution in [0.4, 0.5) is 4.79 Å². The van der Waals surface area contributed by atoms with Crippen molar-refractivity contribution < 1.29 is 24.6 Å². The number of carbonyl (C=O) groups excluding carboxylic acids is 2. The summed E-state index contributed by atoms with van der Waals surface area (Å²) in [6.07, 6.45) is 0.476. The molecule has 0 saturated carbocycles. The molecule has 0 spiro atoms. The van der Waals surface area contributed by atoms with Crippen LogP contribution in [0.1, 0.15) is 26.2 Å². The Bertz CT molecular complexity index is 377. The lowest BCUT2D eigenvalue weighted by atomic mass is 9.92. The number of primary amides is 1. The maximum atomic E-state index is 11.9. The van der Waals surface area contributed by atoms with Crippen molar-refractivity contribution in [3.63, 3.8) is 0 Å². The fraction of sp³-hybridized carbons (Fsp3) is 0.750. The number of aliphatic carboxylic acids is 1. The molecule has 1 rings (SSSR count). The number of nitrogens with zero attached hydrogens (tertiary/aromatic N) is 1. The molecule has 8 nitrogen and oxygen atoms in total. The number of carboxylic acids is 1. The summed E-state index contributed by atoms with van der Waals surface area (Å²) >= 11 is 0. The van der Waals surface area contributed by atoms with Crippen LogP contribution in [0, 0.1) is 5.92 Å². The van der Waals surface area contributed by atoms with Crippen LogP contribution < -0.4 is 11.1 Å². The second kappa shape index (κ2) is 7.09. The van der Waals surface area contributed by atoms with Gasteiger partial charge in [0.05, 0.1) is 12.5 Å². The first-order valence-corrected chi connectivity index (χ1v) is 6.56. The Kier molecular flexibility index (Phi) is 5.75. The molecule has 0 aromatic carbocycles. The predicted octanol–water partition coefficient (Wildman–Crippen LogP) is -0.883. The van der Waals surface area contributed by atoms with Crippen molar-refractivity contribution in [3.05, 3.63) is 0 Å². The molecule has 5 N–H and O–H groups in total. The second-order valence-corrected chi connectivity index (χ2v) is 5.08. The molecule has 114 valence electrons. The van der Waals surface area contributed by atoms with Crippen LogP contribution in [-0.4, -0.2) is 58.3 Å². The van der Waals surface area contributed by atoms with E-state index in [-0.39, 0.29) is 5.92 Å². The van der Waals surface area contributed by atoms with Crippen molar-refractivity contribution in [1.29, 1.82) is 0 Å². The van der Waals surface area contributed by atoms with Crippen molar-refractivity contribution in [2.24, 2.45) is 11.7 Å². The van der Waals surface area contributed by atoms with E-state index in [1.54, 1.807) is 6.92 Å². The largest absolute Gasteiger partial charge is 0.480 e. The van der Waals surface area contributed by atoms with Crippen LogP contribution in [-0.2, 0) is 9.59 Å². The van der Waals surface area contributed by atoms with Gasteiger partial charge in [-0.1, -0.05) is 0 Å². The summed E-state index contributed by atoms with van der Waals surface area (Å²) in [6.45, 7) is 2.61. The molecule has 8 heteroatoms. The van der Waals surface area contributed by atoms with Gasteiger partial charge < -0.3 is 26.2 Å². The van der Waals surface area contributed by atoms with Crippen molar-refractivity contribution in [3.8, 4) is 0 Å². The van der Waals surface area contributed by atoms with E-state index in [9.17, 15) is 19.5 Å². The molecule has 20 heavy (non-hydrogen) atoms. The number of hydrogen-bond acceptors (Lipinski definition) is 4. The van der Waals surface area contributed by atoms with E-state index < -0.39 is 36.5 Å². The minimum absolute atomic E-state index is 0.153. The number of nitrogens with one attached hydrogen (secondary N) is 1. The van der Waals surface area contributed by atoms with Gasteiger partial charge in [0.25, 0.3) is 0 Å². The summed E-state index contributed by atoms with van der Waals surface area (Å²) < 4.78 is 0. The quantitative estimate of drug-likeness (QED) is 0.521. The first-order chi connectivity index (χ1) is 9.31. The summed E-state index contributed by atoms with van der Waals surface area (Å²) in [4.78, 5) is 35.1. The van der Waals surface area contributed by atoms with E-state index in [2.05, 4.69) is 5.32 Å². The highest BCUT2D eigenvalue weighted by Gasteiger charge is 2.28. The van der Waals surface area contributed by atoms with Crippen molar-refractivity contribution in [1.82, 2.24) is 10.2 Å². The highest BCUT2D eigenvalue weighted by atomic mass is 16.4. The maximum absolute atomic E-state index is 11.9. The number of carboxylic acid groups (broad SMARTS) is 1. The number of carbonyl (C=O) groups is 3. The van der Waals surface area contributed by atoms with Crippen LogP contribution >= 0.6 is 0 Å². The molecule has 3 amide bonds. The number of rotatable bonds is 5. The number of hydrogen-bond donors (Lipinski definition) is 4. The third-order valence-electron chi connectivity index (χ3n) is 3.51. The van der Waals surface area contributed by atoms with Crippen LogP contribution in [0.2, 0.25) is 0 Å². The fourth-order valence-corrected chi connectivity index (χ4v) is 2.23. The van der Waals surface area contributed by atoms with Gasteiger partial charge in [-0.3, -0.25) is 4.79 Å².